The monoisotopic (exact) mass is 503 g/mol. The zero-order valence-corrected chi connectivity index (χ0v) is 20.5. The molecule has 10 nitrogen and oxygen atoms in total. The molecule has 0 aliphatic heterocycles. The van der Waals surface area contributed by atoms with Gasteiger partial charge in [-0.1, -0.05) is 0 Å². The van der Waals surface area contributed by atoms with Gasteiger partial charge in [-0.05, 0) is 36.9 Å². The average molecular weight is 504 g/mol. The highest BCUT2D eigenvalue weighted by molar-refractivity contribution is 7.99. The summed E-state index contributed by atoms with van der Waals surface area (Å²) < 4.78 is 45.3. The smallest absolute Gasteiger partial charge is 0.195 e. The lowest BCUT2D eigenvalue weighted by atomic mass is 10.1. The van der Waals surface area contributed by atoms with Gasteiger partial charge in [-0.2, -0.15) is 10.2 Å². The fourth-order valence-corrected chi connectivity index (χ4v) is 4.57. The lowest BCUT2D eigenvalue weighted by Gasteiger charge is -2.15. The second kappa shape index (κ2) is 9.52. The quantitative estimate of drug-likeness (QED) is 0.347. The Morgan fingerprint density at radius 2 is 2.06 bits per heavy atom. The molecule has 178 valence electrons. The molecule has 0 saturated heterocycles. The van der Waals surface area contributed by atoms with Gasteiger partial charge >= 0.3 is 0 Å². The second-order valence-corrected chi connectivity index (χ2v) is 10.6. The van der Waals surface area contributed by atoms with E-state index in [4.69, 9.17) is 4.74 Å². The number of benzene rings is 1. The highest BCUT2D eigenvalue weighted by Gasteiger charge is 2.20. The van der Waals surface area contributed by atoms with Crippen molar-refractivity contribution in [3.63, 3.8) is 0 Å². The minimum absolute atomic E-state index is 0.0991. The highest BCUT2D eigenvalue weighted by atomic mass is 32.2. The molecule has 2 N–H and O–H groups in total. The fourth-order valence-electron chi connectivity index (χ4n) is 3.17. The van der Waals surface area contributed by atoms with Crippen LogP contribution in [0.1, 0.15) is 11.3 Å². The van der Waals surface area contributed by atoms with E-state index in [0.717, 1.165) is 35.3 Å². The normalized spacial score (nSPS) is 11.7. The summed E-state index contributed by atoms with van der Waals surface area (Å²) in [5.74, 6) is 0.307. The van der Waals surface area contributed by atoms with Crippen molar-refractivity contribution in [3.8, 4) is 11.3 Å². The van der Waals surface area contributed by atoms with Crippen LogP contribution in [0.4, 0.5) is 16.0 Å². The zero-order chi connectivity index (χ0) is 24.5. The number of ether oxygens (including phenoxy) is 1. The van der Waals surface area contributed by atoms with E-state index in [2.05, 4.69) is 30.6 Å². The number of H-pyrrole nitrogens is 1. The Morgan fingerprint density at radius 3 is 2.65 bits per heavy atom. The summed E-state index contributed by atoms with van der Waals surface area (Å²) in [6.07, 6.45) is 4.50. The van der Waals surface area contributed by atoms with E-state index in [9.17, 15) is 12.8 Å². The van der Waals surface area contributed by atoms with Crippen LogP contribution in [0, 0.1) is 12.7 Å². The number of aromatic nitrogens is 6. The molecule has 0 saturated carbocycles. The zero-order valence-electron chi connectivity index (χ0n) is 18.8. The molecule has 0 aliphatic carbocycles. The number of aryl methyl sites for hydroxylation is 2. The van der Waals surface area contributed by atoms with Crippen molar-refractivity contribution >= 4 is 33.2 Å². The third-order valence-electron chi connectivity index (χ3n) is 4.74. The van der Waals surface area contributed by atoms with E-state index < -0.39 is 15.7 Å². The van der Waals surface area contributed by atoms with Crippen molar-refractivity contribution in [2.45, 2.75) is 28.5 Å². The standard InChI is InChI=1S/C21H22FN7O3S2/c1-12-7-18(28-27-12)24-20-15(11-32-3)19(13-9-23-29(2)10-13)25-21(26-20)33-17-6-5-14(8-16(17)22)34(4,30)31/h5-10H,11H2,1-4H3,(H2,24,25,26,27,28). The van der Waals surface area contributed by atoms with Crippen LogP contribution in [0.3, 0.4) is 0 Å². The Kier molecular flexibility index (Phi) is 6.68. The van der Waals surface area contributed by atoms with Gasteiger partial charge in [0.15, 0.2) is 20.8 Å². The van der Waals surface area contributed by atoms with E-state index >= 15 is 0 Å². The molecule has 4 rings (SSSR count). The molecule has 3 heterocycles. The number of nitrogens with zero attached hydrogens (tertiary/aromatic N) is 5. The first-order valence-electron chi connectivity index (χ1n) is 9.99. The maximum absolute atomic E-state index is 14.7. The van der Waals surface area contributed by atoms with E-state index in [-0.39, 0.29) is 21.6 Å². The molecule has 0 aliphatic rings. The molecule has 13 heteroatoms. The Balaban J connectivity index is 1.81. The van der Waals surface area contributed by atoms with E-state index in [1.807, 2.05) is 13.0 Å². The summed E-state index contributed by atoms with van der Waals surface area (Å²) in [5, 5.41) is 14.7. The topological polar surface area (TPSA) is 128 Å². The lowest BCUT2D eigenvalue weighted by Crippen LogP contribution is -2.07. The predicted octanol–water partition coefficient (Wildman–Crippen LogP) is 3.49. The third-order valence-corrected chi connectivity index (χ3v) is 6.77. The molecular weight excluding hydrogens is 481 g/mol. The number of rotatable bonds is 8. The van der Waals surface area contributed by atoms with Crippen molar-refractivity contribution in [3.05, 3.63) is 53.7 Å². The average Bonchev–Trinajstić information content (AvgIpc) is 3.38. The molecule has 0 unspecified atom stereocenters. The molecule has 34 heavy (non-hydrogen) atoms. The SMILES string of the molecule is COCc1c(Nc2cc(C)[nH]n2)nc(Sc2ccc(S(C)(=O)=O)cc2F)nc1-c1cnn(C)c1. The minimum Gasteiger partial charge on any atom is -0.380 e. The predicted molar refractivity (Wildman–Crippen MR) is 125 cm³/mol. The maximum Gasteiger partial charge on any atom is 0.195 e. The Hall–Kier alpha value is -3.29. The summed E-state index contributed by atoms with van der Waals surface area (Å²) in [6, 6.07) is 5.56. The molecule has 0 bridgehead atoms. The number of methoxy groups -OCH3 is 1. The largest absolute Gasteiger partial charge is 0.380 e. The lowest BCUT2D eigenvalue weighted by molar-refractivity contribution is 0.185. The maximum atomic E-state index is 14.7. The van der Waals surface area contributed by atoms with Crippen LogP contribution in [-0.4, -0.2) is 51.7 Å². The molecule has 0 fully saturated rings. The Bertz CT molecular complexity index is 1450. The number of anilines is 2. The molecular formula is C21H22FN7O3S2. The van der Waals surface area contributed by atoms with Crippen LogP contribution < -0.4 is 5.32 Å². The molecule has 1 aromatic carbocycles. The fraction of sp³-hybridized carbons (Fsp3) is 0.238. The van der Waals surface area contributed by atoms with Gasteiger partial charge in [0.05, 0.1) is 28.3 Å². The highest BCUT2D eigenvalue weighted by Crippen LogP contribution is 2.35. The number of sulfone groups is 1. The van der Waals surface area contributed by atoms with Crippen LogP contribution >= 0.6 is 11.8 Å². The number of hydrogen-bond acceptors (Lipinski definition) is 9. The van der Waals surface area contributed by atoms with Crippen molar-refractivity contribution in [1.82, 2.24) is 29.9 Å². The first-order chi connectivity index (χ1) is 16.1. The van der Waals surface area contributed by atoms with Gasteiger partial charge in [0, 0.05) is 49.5 Å². The van der Waals surface area contributed by atoms with Gasteiger partial charge in [0.2, 0.25) is 0 Å². The van der Waals surface area contributed by atoms with Gasteiger partial charge in [-0.15, -0.1) is 0 Å². The van der Waals surface area contributed by atoms with Gasteiger partial charge in [0.1, 0.15) is 11.6 Å². The number of halogens is 1. The summed E-state index contributed by atoms with van der Waals surface area (Å²) in [4.78, 5) is 9.33. The van der Waals surface area contributed by atoms with E-state index in [0.29, 0.717) is 22.9 Å². The molecule has 3 aromatic heterocycles. The van der Waals surface area contributed by atoms with Crippen LogP contribution in [0.2, 0.25) is 0 Å². The number of aromatic amines is 1. The summed E-state index contributed by atoms with van der Waals surface area (Å²) >= 11 is 0.978. The van der Waals surface area contributed by atoms with Gasteiger partial charge in [0.25, 0.3) is 0 Å². The van der Waals surface area contributed by atoms with Crippen LogP contribution in [-0.2, 0) is 28.2 Å². The molecule has 0 radical (unpaired) electrons. The summed E-state index contributed by atoms with van der Waals surface area (Å²) in [5.41, 5.74) is 2.83. The summed E-state index contributed by atoms with van der Waals surface area (Å²) in [6.45, 7) is 2.08. The first kappa shape index (κ1) is 23.9. The molecule has 0 spiro atoms. The second-order valence-electron chi connectivity index (χ2n) is 7.55. The Labute approximate surface area is 199 Å². The van der Waals surface area contributed by atoms with Crippen molar-refractivity contribution in [2.24, 2.45) is 7.05 Å². The summed E-state index contributed by atoms with van der Waals surface area (Å²) in [7, 11) is -0.171. The van der Waals surface area contributed by atoms with Crippen LogP contribution in [0.15, 0.2) is 51.6 Å². The van der Waals surface area contributed by atoms with Crippen LogP contribution in [0.5, 0.6) is 0 Å². The van der Waals surface area contributed by atoms with Crippen molar-refractivity contribution in [2.75, 3.05) is 18.7 Å². The van der Waals surface area contributed by atoms with Gasteiger partial charge < -0.3 is 10.1 Å². The minimum atomic E-state index is -3.53. The van der Waals surface area contributed by atoms with Crippen LogP contribution in [0.25, 0.3) is 11.3 Å². The third kappa shape index (κ3) is 5.26. The number of nitrogens with one attached hydrogen (secondary N) is 2. The Morgan fingerprint density at radius 1 is 1.26 bits per heavy atom. The van der Waals surface area contributed by atoms with Gasteiger partial charge in [-0.25, -0.2) is 22.8 Å². The number of hydrogen-bond donors (Lipinski definition) is 2. The first-order valence-corrected chi connectivity index (χ1v) is 12.7. The molecule has 4 aromatic rings. The van der Waals surface area contributed by atoms with E-state index in [1.54, 1.807) is 31.2 Å². The van der Waals surface area contributed by atoms with Gasteiger partial charge in [-0.3, -0.25) is 9.78 Å². The van der Waals surface area contributed by atoms with Crippen molar-refractivity contribution in [1.29, 1.82) is 0 Å². The molecule has 0 atom stereocenters. The van der Waals surface area contributed by atoms with Crippen molar-refractivity contribution < 1.29 is 17.5 Å². The molecule has 0 amide bonds. The van der Waals surface area contributed by atoms with E-state index in [1.165, 1.54) is 12.1 Å².